The zero-order valence-electron chi connectivity index (χ0n) is 10.4. The Bertz CT molecular complexity index is 285. The average Bonchev–Trinajstić information content (AvgIpc) is 2.37. The molecule has 1 saturated heterocycles. The molecule has 1 rings (SSSR count). The molecule has 18 heavy (non-hydrogen) atoms. The van der Waals surface area contributed by atoms with Crippen LogP contribution in [0.25, 0.3) is 0 Å². The average molecular weight is 259 g/mol. The maximum Gasteiger partial charge on any atom is 0.323 e. The van der Waals surface area contributed by atoms with Gasteiger partial charge in [-0.05, 0) is 19.4 Å². The fourth-order valence-electron chi connectivity index (χ4n) is 2.09. The van der Waals surface area contributed by atoms with Crippen LogP contribution >= 0.6 is 0 Å². The molecular formula is C11H21N3O4. The van der Waals surface area contributed by atoms with Crippen molar-refractivity contribution in [3.05, 3.63) is 0 Å². The van der Waals surface area contributed by atoms with Crippen LogP contribution < -0.4 is 10.6 Å². The second kappa shape index (κ2) is 7.88. The number of aliphatic hydroxyl groups excluding tert-OH is 1. The van der Waals surface area contributed by atoms with E-state index in [4.69, 9.17) is 5.11 Å². The molecule has 0 aromatic heterocycles. The lowest BCUT2D eigenvalue weighted by Gasteiger charge is -2.34. The zero-order valence-corrected chi connectivity index (χ0v) is 10.4. The maximum atomic E-state index is 11.2. The second-order valence-electron chi connectivity index (χ2n) is 4.37. The number of urea groups is 1. The molecular weight excluding hydrogens is 238 g/mol. The molecule has 1 atom stereocenters. The number of hydrogen-bond acceptors (Lipinski definition) is 4. The van der Waals surface area contributed by atoms with E-state index in [9.17, 15) is 14.7 Å². The van der Waals surface area contributed by atoms with Crippen molar-refractivity contribution >= 4 is 12.0 Å². The van der Waals surface area contributed by atoms with Crippen LogP contribution in [-0.2, 0) is 4.79 Å². The summed E-state index contributed by atoms with van der Waals surface area (Å²) >= 11 is 0. The molecule has 0 aromatic rings. The number of carboxylic acid groups (broad SMARTS) is 1. The Balaban J connectivity index is 2.15. The van der Waals surface area contributed by atoms with Crippen molar-refractivity contribution in [3.8, 4) is 0 Å². The fourth-order valence-corrected chi connectivity index (χ4v) is 2.09. The van der Waals surface area contributed by atoms with Crippen molar-refractivity contribution in [1.82, 2.24) is 15.5 Å². The van der Waals surface area contributed by atoms with E-state index in [0.717, 1.165) is 25.8 Å². The Morgan fingerprint density at radius 2 is 2.06 bits per heavy atom. The van der Waals surface area contributed by atoms with Crippen molar-refractivity contribution in [1.29, 1.82) is 0 Å². The first-order valence-corrected chi connectivity index (χ1v) is 6.22. The van der Waals surface area contributed by atoms with Gasteiger partial charge in [0, 0.05) is 19.1 Å². The summed E-state index contributed by atoms with van der Waals surface area (Å²) in [5.41, 5.74) is 0. The monoisotopic (exact) mass is 259 g/mol. The molecule has 1 heterocycles. The molecule has 4 N–H and O–H groups in total. The molecule has 1 unspecified atom stereocenters. The summed E-state index contributed by atoms with van der Waals surface area (Å²) in [5.74, 6) is -1.07. The predicted octanol–water partition coefficient (Wildman–Crippen LogP) is -0.783. The van der Waals surface area contributed by atoms with E-state index < -0.39 is 12.0 Å². The lowest BCUT2D eigenvalue weighted by Crippen LogP contribution is -2.47. The molecule has 104 valence electrons. The number of piperidine rings is 1. The molecule has 2 amide bonds. The highest BCUT2D eigenvalue weighted by atomic mass is 16.4. The van der Waals surface area contributed by atoms with E-state index in [-0.39, 0.29) is 19.2 Å². The van der Waals surface area contributed by atoms with Crippen LogP contribution in [0.2, 0.25) is 0 Å². The summed E-state index contributed by atoms with van der Waals surface area (Å²) in [4.78, 5) is 23.6. The van der Waals surface area contributed by atoms with Gasteiger partial charge in [-0.25, -0.2) is 4.79 Å². The van der Waals surface area contributed by atoms with Crippen molar-refractivity contribution in [2.75, 3.05) is 32.8 Å². The number of hydrogen-bond donors (Lipinski definition) is 4. The van der Waals surface area contributed by atoms with Crippen molar-refractivity contribution in [3.63, 3.8) is 0 Å². The number of rotatable bonds is 6. The molecule has 1 aliphatic heterocycles. The van der Waals surface area contributed by atoms with Crippen LogP contribution in [-0.4, -0.2) is 65.9 Å². The maximum absolute atomic E-state index is 11.2. The van der Waals surface area contributed by atoms with E-state index in [1.165, 1.54) is 0 Å². The van der Waals surface area contributed by atoms with Crippen LogP contribution in [0.1, 0.15) is 19.3 Å². The summed E-state index contributed by atoms with van der Waals surface area (Å²) in [6.07, 6.45) is 3.23. The fraction of sp³-hybridized carbons (Fsp3) is 0.818. The number of nitrogens with one attached hydrogen (secondary N) is 2. The minimum Gasteiger partial charge on any atom is -0.480 e. The Labute approximate surface area is 106 Å². The van der Waals surface area contributed by atoms with E-state index in [2.05, 4.69) is 15.5 Å². The van der Waals surface area contributed by atoms with Gasteiger partial charge < -0.3 is 20.8 Å². The summed E-state index contributed by atoms with van der Waals surface area (Å²) in [6.45, 7) is 1.82. The van der Waals surface area contributed by atoms with E-state index in [1.54, 1.807) is 0 Å². The third kappa shape index (κ3) is 5.33. The highest BCUT2D eigenvalue weighted by Crippen LogP contribution is 2.15. The first-order chi connectivity index (χ1) is 8.63. The summed E-state index contributed by atoms with van der Waals surface area (Å²) < 4.78 is 0. The van der Waals surface area contributed by atoms with Crippen LogP contribution in [0.15, 0.2) is 0 Å². The smallest absolute Gasteiger partial charge is 0.323 e. The highest BCUT2D eigenvalue weighted by Gasteiger charge is 2.20. The van der Waals surface area contributed by atoms with E-state index >= 15 is 0 Å². The van der Waals surface area contributed by atoms with E-state index in [0.29, 0.717) is 13.1 Å². The first-order valence-electron chi connectivity index (χ1n) is 6.22. The lowest BCUT2D eigenvalue weighted by molar-refractivity contribution is -0.135. The number of amides is 2. The number of aliphatic carboxylic acids is 1. The topological polar surface area (TPSA) is 102 Å². The summed E-state index contributed by atoms with van der Waals surface area (Å²) in [5, 5.41) is 22.4. The van der Waals surface area contributed by atoms with Crippen LogP contribution in [0.3, 0.4) is 0 Å². The number of carbonyl (C=O) groups is 2. The molecule has 0 saturated carbocycles. The number of nitrogens with zero attached hydrogens (tertiary/aromatic N) is 1. The minimum absolute atomic E-state index is 0.144. The van der Waals surface area contributed by atoms with Crippen LogP contribution in [0, 0.1) is 0 Å². The number of aliphatic hydroxyl groups is 1. The van der Waals surface area contributed by atoms with Crippen LogP contribution in [0.4, 0.5) is 4.79 Å². The zero-order chi connectivity index (χ0) is 13.4. The second-order valence-corrected chi connectivity index (χ2v) is 4.37. The molecule has 0 aliphatic carbocycles. The van der Waals surface area contributed by atoms with Crippen molar-refractivity contribution < 1.29 is 19.8 Å². The lowest BCUT2D eigenvalue weighted by atomic mass is 10.0. The minimum atomic E-state index is -1.07. The Morgan fingerprint density at radius 1 is 1.28 bits per heavy atom. The van der Waals surface area contributed by atoms with Gasteiger partial charge in [0.05, 0.1) is 6.61 Å². The molecule has 1 aliphatic rings. The van der Waals surface area contributed by atoms with E-state index in [1.807, 2.05) is 0 Å². The molecule has 0 radical (unpaired) electrons. The predicted molar refractivity (Wildman–Crippen MR) is 65.3 cm³/mol. The molecule has 7 heteroatoms. The normalized spacial score (nSPS) is 20.4. The number of carboxylic acids is 1. The van der Waals surface area contributed by atoms with Gasteiger partial charge in [0.15, 0.2) is 0 Å². The molecule has 7 nitrogen and oxygen atoms in total. The van der Waals surface area contributed by atoms with Crippen molar-refractivity contribution in [2.24, 2.45) is 0 Å². The molecule has 0 aromatic carbocycles. The van der Waals surface area contributed by atoms with Gasteiger partial charge in [-0.1, -0.05) is 6.42 Å². The third-order valence-corrected chi connectivity index (χ3v) is 3.04. The van der Waals surface area contributed by atoms with Gasteiger partial charge in [-0.15, -0.1) is 0 Å². The van der Waals surface area contributed by atoms with Crippen molar-refractivity contribution in [2.45, 2.75) is 25.3 Å². The Hall–Kier alpha value is -1.34. The van der Waals surface area contributed by atoms with Gasteiger partial charge in [0.2, 0.25) is 0 Å². The third-order valence-electron chi connectivity index (χ3n) is 3.04. The van der Waals surface area contributed by atoms with Crippen LogP contribution in [0.5, 0.6) is 0 Å². The quantitative estimate of drug-likeness (QED) is 0.501. The highest BCUT2D eigenvalue weighted by molar-refractivity contribution is 5.79. The molecule has 1 fully saturated rings. The standard InChI is InChI=1S/C11H21N3O4/c15-8-9-3-1-2-5-14(9)6-4-12-11(18)13-7-10(16)17/h9,15H,1-8H2,(H,16,17)(H2,12,13,18). The Morgan fingerprint density at radius 3 is 2.72 bits per heavy atom. The van der Waals surface area contributed by atoms with Gasteiger partial charge in [0.1, 0.15) is 6.54 Å². The summed E-state index contributed by atoms with van der Waals surface area (Å²) in [6, 6.07) is -0.294. The number of likely N-dealkylation sites (tertiary alicyclic amines) is 1. The first kappa shape index (κ1) is 14.7. The van der Waals surface area contributed by atoms with Gasteiger partial charge in [0.25, 0.3) is 0 Å². The number of carbonyl (C=O) groups excluding carboxylic acids is 1. The largest absolute Gasteiger partial charge is 0.480 e. The SMILES string of the molecule is O=C(O)CNC(=O)NCCN1CCCCC1CO. The van der Waals surface area contributed by atoms with Gasteiger partial charge in [-0.3, -0.25) is 9.69 Å². The van der Waals surface area contributed by atoms with Gasteiger partial charge in [-0.2, -0.15) is 0 Å². The molecule has 0 spiro atoms. The Kier molecular flexibility index (Phi) is 6.45. The summed E-state index contributed by atoms with van der Waals surface area (Å²) in [7, 11) is 0. The van der Waals surface area contributed by atoms with Gasteiger partial charge >= 0.3 is 12.0 Å². The molecule has 0 bridgehead atoms.